The van der Waals surface area contributed by atoms with Crippen LogP contribution in [0.1, 0.15) is 43.5 Å². The number of aliphatic hydroxyl groups is 1. The molecule has 3 aromatic rings. The zero-order valence-corrected chi connectivity index (χ0v) is 26.8. The molecule has 2 aliphatic rings. The van der Waals surface area contributed by atoms with Crippen molar-refractivity contribution in [2.45, 2.75) is 45.9 Å². The number of piperazine rings is 1. The number of carbonyl (C=O) groups is 1. The summed E-state index contributed by atoms with van der Waals surface area (Å²) < 4.78 is 43.4. The second-order valence-electron chi connectivity index (χ2n) is 11.3. The number of rotatable bonds is 5. The molecule has 0 aliphatic carbocycles. The van der Waals surface area contributed by atoms with E-state index in [1.807, 2.05) is 25.7 Å². The smallest absolute Gasteiger partial charge is 0.246 e. The van der Waals surface area contributed by atoms with Gasteiger partial charge in [0.05, 0.1) is 38.4 Å². The van der Waals surface area contributed by atoms with E-state index in [0.717, 1.165) is 0 Å². The topological polar surface area (TPSA) is 117 Å². The minimum absolute atomic E-state index is 0.00300. The molecule has 14 heteroatoms. The van der Waals surface area contributed by atoms with Gasteiger partial charge in [-0.05, 0) is 43.5 Å². The Kier molecular flexibility index (Phi) is 8.96. The number of carbonyl (C=O) groups excluding carboxylic acids is 1. The van der Waals surface area contributed by atoms with Crippen molar-refractivity contribution in [2.75, 3.05) is 24.5 Å². The van der Waals surface area contributed by atoms with E-state index >= 15 is 0 Å². The Hall–Kier alpha value is -4.31. The molecule has 1 saturated heterocycles. The Labute approximate surface area is 273 Å². The van der Waals surface area contributed by atoms with Crippen LogP contribution in [0.5, 0.6) is 5.75 Å². The maximum Gasteiger partial charge on any atom is 0.246 e. The molecule has 0 spiro atoms. The number of pyridine rings is 2. The van der Waals surface area contributed by atoms with Crippen LogP contribution in [0.4, 0.5) is 24.7 Å². The maximum absolute atomic E-state index is 14.7. The molecule has 2 atom stereocenters. The summed E-state index contributed by atoms with van der Waals surface area (Å²) in [6.45, 7) is 11.8. The van der Waals surface area contributed by atoms with E-state index in [-0.39, 0.29) is 65.2 Å². The molecule has 1 unspecified atom stereocenters. The van der Waals surface area contributed by atoms with Crippen molar-refractivity contribution in [1.82, 2.24) is 19.8 Å². The quantitative estimate of drug-likeness (QED) is 0.181. The summed E-state index contributed by atoms with van der Waals surface area (Å²) in [5.74, 6) is -7.35. The molecule has 2 aliphatic heterocycles. The lowest BCUT2D eigenvalue weighted by Gasteiger charge is -2.45. The number of halogens is 5. The summed E-state index contributed by atoms with van der Waals surface area (Å²) in [7, 11) is 0. The minimum Gasteiger partial charge on any atom is -0.504 e. The van der Waals surface area contributed by atoms with E-state index in [9.17, 15) is 33.4 Å². The third-order valence-electron chi connectivity index (χ3n) is 8.14. The van der Waals surface area contributed by atoms with Gasteiger partial charge >= 0.3 is 0 Å². The van der Waals surface area contributed by atoms with Gasteiger partial charge in [-0.1, -0.05) is 43.6 Å². The van der Waals surface area contributed by atoms with Crippen LogP contribution >= 0.6 is 23.2 Å². The monoisotopic (exact) mass is 672 g/mol. The number of aromatic nitrogens is 2. The Bertz CT molecular complexity index is 1830. The molecule has 1 fully saturated rings. The first-order valence-electron chi connectivity index (χ1n) is 14.3. The van der Waals surface area contributed by atoms with Crippen molar-refractivity contribution in [3.05, 3.63) is 80.9 Å². The van der Waals surface area contributed by atoms with Gasteiger partial charge in [-0.3, -0.25) is 14.7 Å². The number of hydrogen-bond acceptors (Lipinski definition) is 8. The molecule has 4 heterocycles. The maximum atomic E-state index is 14.7. The number of nitrogens with zero attached hydrogens (tertiary/aromatic N) is 6. The second kappa shape index (κ2) is 12.5. The fourth-order valence-electron chi connectivity index (χ4n) is 5.95. The number of anilines is 2. The average Bonchev–Trinajstić information content (AvgIpc) is 3.02. The number of amides is 1. The molecule has 2 aromatic heterocycles. The average molecular weight is 674 g/mol. The highest BCUT2D eigenvalue weighted by molar-refractivity contribution is 6.37. The van der Waals surface area contributed by atoms with Crippen LogP contribution in [-0.2, 0) is 4.79 Å². The summed E-state index contributed by atoms with van der Waals surface area (Å²) in [6.07, 6.45) is 1.19. The lowest BCUT2D eigenvalue weighted by Crippen LogP contribution is -2.54. The van der Waals surface area contributed by atoms with Gasteiger partial charge in [0.2, 0.25) is 11.7 Å². The van der Waals surface area contributed by atoms with Crippen molar-refractivity contribution in [3.63, 3.8) is 0 Å². The van der Waals surface area contributed by atoms with E-state index in [4.69, 9.17) is 23.2 Å². The number of phenols is 1. The van der Waals surface area contributed by atoms with E-state index in [1.165, 1.54) is 17.0 Å². The zero-order chi connectivity index (χ0) is 33.8. The van der Waals surface area contributed by atoms with Crippen LogP contribution in [0.15, 0.2) is 36.6 Å². The number of fused-ring (bicyclic) bond motifs is 1. The highest BCUT2D eigenvalue weighted by Gasteiger charge is 2.41. The normalized spacial score (nSPS) is 18.2. The lowest BCUT2D eigenvalue weighted by molar-refractivity contribution is -0.129. The summed E-state index contributed by atoms with van der Waals surface area (Å²) in [5.41, 5.74) is 1.02. The van der Waals surface area contributed by atoms with Crippen LogP contribution < -0.4 is 4.90 Å². The van der Waals surface area contributed by atoms with Crippen molar-refractivity contribution in [3.8, 4) is 23.1 Å². The third-order valence-corrected chi connectivity index (χ3v) is 8.78. The predicted octanol–water partition coefficient (Wildman–Crippen LogP) is 6.43. The largest absolute Gasteiger partial charge is 0.504 e. The Morgan fingerprint density at radius 2 is 1.91 bits per heavy atom. The first-order valence-corrected chi connectivity index (χ1v) is 15.0. The molecule has 0 radical (unpaired) electrons. The van der Waals surface area contributed by atoms with Crippen LogP contribution in [0, 0.1) is 35.7 Å². The highest BCUT2D eigenvalue weighted by Crippen LogP contribution is 2.49. The van der Waals surface area contributed by atoms with E-state index < -0.39 is 45.7 Å². The Morgan fingerprint density at radius 3 is 2.52 bits per heavy atom. The fraction of sp³-hybridized carbons (Fsp3) is 0.312. The van der Waals surface area contributed by atoms with Crippen LogP contribution in [-0.4, -0.2) is 67.8 Å². The Balaban J connectivity index is 1.83. The van der Waals surface area contributed by atoms with E-state index in [0.29, 0.717) is 16.9 Å². The SMILES string of the molecule is C=CC(=O)N1CCN(C2=C(C#N)C(O)N(c3c(C)ccnc3C(C)C)c3nc(-c4c(O)c(F)c(F)c(F)c4Cl)c(Cl)cc32)C[C@H]1C. The number of benzene rings is 1. The first kappa shape index (κ1) is 33.1. The summed E-state index contributed by atoms with van der Waals surface area (Å²) in [4.78, 5) is 26.4. The van der Waals surface area contributed by atoms with Gasteiger partial charge in [0.15, 0.2) is 23.6 Å². The van der Waals surface area contributed by atoms with Crippen molar-refractivity contribution >= 4 is 46.3 Å². The van der Waals surface area contributed by atoms with Crippen LogP contribution in [0.3, 0.4) is 0 Å². The highest BCUT2D eigenvalue weighted by atomic mass is 35.5. The summed E-state index contributed by atoms with van der Waals surface area (Å²) in [5, 5.41) is 31.8. The molecule has 1 aromatic carbocycles. The molecular weight excluding hydrogens is 644 g/mol. The molecule has 5 rings (SSSR count). The third kappa shape index (κ3) is 5.22. The van der Waals surface area contributed by atoms with Gasteiger partial charge in [-0.2, -0.15) is 9.65 Å². The van der Waals surface area contributed by atoms with Crippen molar-refractivity contribution < 1.29 is 28.2 Å². The fourth-order valence-corrected chi connectivity index (χ4v) is 6.46. The molecule has 0 bridgehead atoms. The van der Waals surface area contributed by atoms with Gasteiger partial charge in [0.1, 0.15) is 17.5 Å². The predicted molar refractivity (Wildman–Crippen MR) is 168 cm³/mol. The van der Waals surface area contributed by atoms with Gasteiger partial charge < -0.3 is 20.0 Å². The number of phenolic OH excluding ortho intramolecular Hbond substituents is 1. The van der Waals surface area contributed by atoms with Gasteiger partial charge in [-0.15, -0.1) is 0 Å². The lowest BCUT2D eigenvalue weighted by atomic mass is 9.94. The summed E-state index contributed by atoms with van der Waals surface area (Å²) in [6, 6.07) is 4.90. The van der Waals surface area contributed by atoms with Gasteiger partial charge in [-0.25, -0.2) is 13.8 Å². The number of aromatic hydroxyl groups is 1. The van der Waals surface area contributed by atoms with Crippen LogP contribution in [0.25, 0.3) is 17.0 Å². The number of nitriles is 1. The zero-order valence-electron chi connectivity index (χ0n) is 25.2. The molecule has 9 nitrogen and oxygen atoms in total. The van der Waals surface area contributed by atoms with E-state index in [1.54, 1.807) is 24.1 Å². The van der Waals surface area contributed by atoms with Gasteiger partial charge in [0, 0.05) is 37.4 Å². The van der Waals surface area contributed by atoms with Crippen molar-refractivity contribution in [2.24, 2.45) is 0 Å². The number of aryl methyl sites for hydroxylation is 1. The van der Waals surface area contributed by atoms with Gasteiger partial charge in [0.25, 0.3) is 0 Å². The number of hydrogen-bond donors (Lipinski definition) is 2. The summed E-state index contributed by atoms with van der Waals surface area (Å²) >= 11 is 12.8. The molecule has 0 saturated carbocycles. The molecular formula is C32H29Cl2F3N6O3. The minimum atomic E-state index is -1.97. The van der Waals surface area contributed by atoms with Crippen LogP contribution in [0.2, 0.25) is 10.0 Å². The van der Waals surface area contributed by atoms with Crippen molar-refractivity contribution in [1.29, 1.82) is 5.26 Å². The molecule has 240 valence electrons. The second-order valence-corrected chi connectivity index (χ2v) is 12.1. The van der Waals surface area contributed by atoms with E-state index in [2.05, 4.69) is 22.6 Å². The standard InChI is InChI=1S/C32H29Cl2F3N6O3/c1-6-20(44)42-10-9-41(13-16(42)5)29-17-11-19(33)27(21-22(34)23(35)24(36)25(37)30(21)45)40-31(17)43(32(46)18(29)12-38)28-15(4)7-8-39-26(28)14(2)3/h6-8,11,14,16,32,45-46H,1,9-10,13H2,2-5H3/t16-,32?/m1/s1. The number of aliphatic hydroxyl groups excluding tert-OH is 1. The Morgan fingerprint density at radius 1 is 1.22 bits per heavy atom. The molecule has 1 amide bonds. The molecule has 46 heavy (non-hydrogen) atoms. The first-order chi connectivity index (χ1) is 21.7. The molecule has 2 N–H and O–H groups in total.